The monoisotopic (exact) mass is 373 g/mol. The van der Waals surface area contributed by atoms with Gasteiger partial charge >= 0.3 is 0 Å². The van der Waals surface area contributed by atoms with Gasteiger partial charge in [0.1, 0.15) is 6.10 Å². The third kappa shape index (κ3) is 3.14. The fourth-order valence-corrected chi connectivity index (χ4v) is 4.20. The molecule has 26 heavy (non-hydrogen) atoms. The number of hydrogen-bond acceptors (Lipinski definition) is 3. The first-order valence-electron chi connectivity index (χ1n) is 9.13. The molecular formula is C20H24ClN3O2. The van der Waals surface area contributed by atoms with Crippen LogP contribution in [0.2, 0.25) is 5.02 Å². The third-order valence-electron chi connectivity index (χ3n) is 5.69. The summed E-state index contributed by atoms with van der Waals surface area (Å²) < 4.78 is 7.85. The minimum absolute atomic E-state index is 0.00979. The molecule has 2 fully saturated rings. The topological polar surface area (TPSA) is 56.1 Å². The summed E-state index contributed by atoms with van der Waals surface area (Å²) in [5.41, 5.74) is 4.37. The molecule has 6 heteroatoms. The SMILES string of the molecule is Cc1nn(C)c(C)c1[C@H]1OCC[C@@H]1NC(=O)[C@@H]1C[C@H]1c1ccc(Cl)cc1. The average Bonchev–Trinajstić information content (AvgIpc) is 3.22. The van der Waals surface area contributed by atoms with E-state index in [-0.39, 0.29) is 24.0 Å². The van der Waals surface area contributed by atoms with Crippen molar-refractivity contribution in [3.05, 3.63) is 51.8 Å². The molecular weight excluding hydrogens is 350 g/mol. The molecule has 0 spiro atoms. The first kappa shape index (κ1) is 17.6. The third-order valence-corrected chi connectivity index (χ3v) is 5.95. The van der Waals surface area contributed by atoms with E-state index < -0.39 is 0 Å². The maximum atomic E-state index is 12.8. The molecule has 4 rings (SSSR count). The number of aryl methyl sites for hydroxylation is 2. The van der Waals surface area contributed by atoms with E-state index >= 15 is 0 Å². The number of carbonyl (C=O) groups excluding carboxylic acids is 1. The second kappa shape index (κ2) is 6.71. The highest BCUT2D eigenvalue weighted by Crippen LogP contribution is 2.48. The fourth-order valence-electron chi connectivity index (χ4n) is 4.08. The van der Waals surface area contributed by atoms with Crippen molar-refractivity contribution in [2.75, 3.05) is 6.61 Å². The van der Waals surface area contributed by atoms with Crippen LogP contribution in [0.5, 0.6) is 0 Å². The average molecular weight is 374 g/mol. The highest BCUT2D eigenvalue weighted by molar-refractivity contribution is 6.30. The van der Waals surface area contributed by atoms with Crippen molar-refractivity contribution in [3.63, 3.8) is 0 Å². The quantitative estimate of drug-likeness (QED) is 0.893. The summed E-state index contributed by atoms with van der Waals surface area (Å²) in [6.07, 6.45) is 1.62. The molecule has 1 aliphatic heterocycles. The van der Waals surface area contributed by atoms with E-state index in [0.29, 0.717) is 12.5 Å². The maximum Gasteiger partial charge on any atom is 0.224 e. The van der Waals surface area contributed by atoms with Crippen LogP contribution < -0.4 is 5.32 Å². The van der Waals surface area contributed by atoms with Crippen molar-refractivity contribution in [2.45, 2.75) is 44.8 Å². The van der Waals surface area contributed by atoms with Gasteiger partial charge in [0.2, 0.25) is 5.91 Å². The lowest BCUT2D eigenvalue weighted by molar-refractivity contribution is -0.123. The molecule has 1 amide bonds. The summed E-state index contributed by atoms with van der Waals surface area (Å²) in [7, 11) is 1.94. The molecule has 1 saturated carbocycles. The Hall–Kier alpha value is -1.85. The normalized spacial score (nSPS) is 27.5. The van der Waals surface area contributed by atoms with E-state index in [1.54, 1.807) is 0 Å². The maximum absolute atomic E-state index is 12.8. The molecule has 2 aromatic rings. The number of benzene rings is 1. The number of carbonyl (C=O) groups is 1. The van der Waals surface area contributed by atoms with Gasteiger partial charge in [-0.3, -0.25) is 9.48 Å². The van der Waals surface area contributed by atoms with Gasteiger partial charge in [-0.05, 0) is 50.3 Å². The lowest BCUT2D eigenvalue weighted by Gasteiger charge is -2.20. The first-order chi connectivity index (χ1) is 12.5. The molecule has 0 unspecified atom stereocenters. The molecule has 0 bridgehead atoms. The largest absolute Gasteiger partial charge is 0.371 e. The molecule has 138 valence electrons. The predicted octanol–water partition coefficient (Wildman–Crippen LogP) is 3.44. The predicted molar refractivity (Wildman–Crippen MR) is 100 cm³/mol. The van der Waals surface area contributed by atoms with Crippen molar-refractivity contribution in [1.29, 1.82) is 0 Å². The molecule has 1 aromatic heterocycles. The van der Waals surface area contributed by atoms with Crippen molar-refractivity contribution in [2.24, 2.45) is 13.0 Å². The van der Waals surface area contributed by atoms with E-state index in [1.165, 1.54) is 5.56 Å². The molecule has 4 atom stereocenters. The zero-order valence-electron chi connectivity index (χ0n) is 15.3. The number of halogens is 1. The number of amides is 1. The van der Waals surface area contributed by atoms with Crippen LogP contribution in [0.25, 0.3) is 0 Å². The second-order valence-corrected chi connectivity index (χ2v) is 7.84. The van der Waals surface area contributed by atoms with Crippen LogP contribution in [0.15, 0.2) is 24.3 Å². The lowest BCUT2D eigenvalue weighted by Crippen LogP contribution is -2.38. The molecule has 1 saturated heterocycles. The smallest absolute Gasteiger partial charge is 0.224 e. The minimum Gasteiger partial charge on any atom is -0.371 e. The lowest BCUT2D eigenvalue weighted by atomic mass is 10.00. The van der Waals surface area contributed by atoms with Gasteiger partial charge in [0.25, 0.3) is 0 Å². The van der Waals surface area contributed by atoms with E-state index in [1.807, 2.05) is 49.8 Å². The molecule has 0 radical (unpaired) electrons. The highest BCUT2D eigenvalue weighted by atomic mass is 35.5. The Morgan fingerprint density at radius 3 is 2.69 bits per heavy atom. The van der Waals surface area contributed by atoms with Gasteiger partial charge in [-0.25, -0.2) is 0 Å². The summed E-state index contributed by atoms with van der Waals surface area (Å²) in [6.45, 7) is 4.71. The van der Waals surface area contributed by atoms with Gasteiger partial charge in [0, 0.05) is 35.9 Å². The Morgan fingerprint density at radius 1 is 1.31 bits per heavy atom. The second-order valence-electron chi connectivity index (χ2n) is 7.40. The number of rotatable bonds is 4. The van der Waals surface area contributed by atoms with Crippen LogP contribution in [-0.4, -0.2) is 28.3 Å². The van der Waals surface area contributed by atoms with Gasteiger partial charge in [-0.15, -0.1) is 0 Å². The van der Waals surface area contributed by atoms with Crippen molar-refractivity contribution in [3.8, 4) is 0 Å². The van der Waals surface area contributed by atoms with Crippen LogP contribution in [-0.2, 0) is 16.6 Å². The first-order valence-corrected chi connectivity index (χ1v) is 9.51. The number of nitrogens with one attached hydrogen (secondary N) is 1. The van der Waals surface area contributed by atoms with Gasteiger partial charge < -0.3 is 10.1 Å². The zero-order valence-corrected chi connectivity index (χ0v) is 16.1. The van der Waals surface area contributed by atoms with E-state index in [9.17, 15) is 4.79 Å². The Labute approximate surface area is 158 Å². The molecule has 5 nitrogen and oxygen atoms in total. The van der Waals surface area contributed by atoms with Crippen LogP contribution in [0.3, 0.4) is 0 Å². The molecule has 1 aromatic carbocycles. The van der Waals surface area contributed by atoms with Gasteiger partial charge in [0.15, 0.2) is 0 Å². The van der Waals surface area contributed by atoms with Crippen molar-refractivity contribution in [1.82, 2.24) is 15.1 Å². The molecule has 1 aliphatic carbocycles. The van der Waals surface area contributed by atoms with E-state index in [0.717, 1.165) is 34.8 Å². The Balaban J connectivity index is 1.44. The number of nitrogens with zero attached hydrogens (tertiary/aromatic N) is 2. The van der Waals surface area contributed by atoms with Crippen LogP contribution in [0.1, 0.15) is 47.4 Å². The minimum atomic E-state index is -0.111. The standard InChI is InChI=1S/C20H24ClN3O2/c1-11-18(12(2)24(3)23-11)19-17(8-9-26-19)22-20(25)16-10-15(16)13-4-6-14(21)7-5-13/h4-7,15-17,19H,8-10H2,1-3H3,(H,22,25)/t15-,16+,17-,19-/m0/s1. The fraction of sp³-hybridized carbons (Fsp3) is 0.500. The van der Waals surface area contributed by atoms with E-state index in [4.69, 9.17) is 16.3 Å². The highest BCUT2D eigenvalue weighted by Gasteiger charge is 2.45. The number of ether oxygens (including phenoxy) is 1. The van der Waals surface area contributed by atoms with Gasteiger partial charge in [-0.1, -0.05) is 23.7 Å². The van der Waals surface area contributed by atoms with Crippen LogP contribution in [0.4, 0.5) is 0 Å². The molecule has 2 heterocycles. The number of hydrogen-bond donors (Lipinski definition) is 1. The van der Waals surface area contributed by atoms with Gasteiger partial charge in [0.05, 0.1) is 11.7 Å². The Bertz CT molecular complexity index is 830. The summed E-state index contributed by atoms with van der Waals surface area (Å²) >= 11 is 5.95. The Morgan fingerprint density at radius 2 is 2.04 bits per heavy atom. The summed E-state index contributed by atoms with van der Waals surface area (Å²) in [5.74, 6) is 0.480. The van der Waals surface area contributed by atoms with E-state index in [2.05, 4.69) is 10.4 Å². The molecule has 2 aliphatic rings. The Kier molecular flexibility index (Phi) is 4.53. The summed E-state index contributed by atoms with van der Waals surface area (Å²) in [4.78, 5) is 12.8. The zero-order chi connectivity index (χ0) is 18.4. The molecule has 1 N–H and O–H groups in total. The van der Waals surface area contributed by atoms with Crippen LogP contribution >= 0.6 is 11.6 Å². The summed E-state index contributed by atoms with van der Waals surface area (Å²) in [5, 5.41) is 8.45. The van der Waals surface area contributed by atoms with Gasteiger partial charge in [-0.2, -0.15) is 5.10 Å². The van der Waals surface area contributed by atoms with Crippen LogP contribution in [0, 0.1) is 19.8 Å². The van der Waals surface area contributed by atoms with Crippen molar-refractivity contribution >= 4 is 17.5 Å². The summed E-state index contributed by atoms with van der Waals surface area (Å²) in [6, 6.07) is 7.82. The van der Waals surface area contributed by atoms with Crippen molar-refractivity contribution < 1.29 is 9.53 Å². The number of aromatic nitrogens is 2.